The third-order valence-corrected chi connectivity index (χ3v) is 3.97. The summed E-state index contributed by atoms with van der Waals surface area (Å²) in [6, 6.07) is 19.4. The first-order valence-electron chi connectivity index (χ1n) is 8.02. The maximum Gasteiger partial charge on any atom is 0.255 e. The van der Waals surface area contributed by atoms with Crippen LogP contribution in [0.1, 0.15) is 10.4 Å². The molecular weight excluding hydrogens is 328 g/mol. The van der Waals surface area contributed by atoms with Crippen molar-refractivity contribution >= 4 is 34.1 Å². The Morgan fingerprint density at radius 2 is 1.58 bits per heavy atom. The third kappa shape index (κ3) is 3.08. The number of aromatic nitrogens is 1. The van der Waals surface area contributed by atoms with E-state index in [1.165, 1.54) is 0 Å². The van der Waals surface area contributed by atoms with Crippen LogP contribution in [0.5, 0.6) is 0 Å². The van der Waals surface area contributed by atoms with Crippen LogP contribution in [0.15, 0.2) is 71.1 Å². The Morgan fingerprint density at radius 1 is 0.885 bits per heavy atom. The Kier molecular flexibility index (Phi) is 3.78. The van der Waals surface area contributed by atoms with E-state index in [2.05, 4.69) is 10.3 Å². The van der Waals surface area contributed by atoms with Gasteiger partial charge in [0.1, 0.15) is 5.52 Å². The minimum Gasteiger partial charge on any atom is -0.436 e. The topological polar surface area (TPSA) is 107 Å². The first-order chi connectivity index (χ1) is 12.6. The molecule has 4 rings (SSSR count). The highest BCUT2D eigenvalue weighted by molar-refractivity contribution is 6.04. The van der Waals surface area contributed by atoms with E-state index in [4.69, 9.17) is 15.9 Å². The number of hydrogen-bond acceptors (Lipinski definition) is 5. The van der Waals surface area contributed by atoms with Crippen molar-refractivity contribution in [2.45, 2.75) is 0 Å². The van der Waals surface area contributed by atoms with E-state index in [1.54, 1.807) is 54.6 Å². The Morgan fingerprint density at radius 3 is 2.31 bits per heavy atom. The summed E-state index contributed by atoms with van der Waals surface area (Å²) < 4.78 is 5.74. The van der Waals surface area contributed by atoms with Gasteiger partial charge in [-0.2, -0.15) is 0 Å². The molecule has 0 radical (unpaired) electrons. The molecule has 128 valence electrons. The SMILES string of the molecule is Nc1ccc(C(=O)Nc2ccc(-c3nc4cc(N)ccc4o3)cc2)cc1. The van der Waals surface area contributed by atoms with E-state index < -0.39 is 0 Å². The number of nitrogen functional groups attached to an aromatic ring is 2. The van der Waals surface area contributed by atoms with Crippen LogP contribution < -0.4 is 16.8 Å². The van der Waals surface area contributed by atoms with E-state index in [1.807, 2.05) is 12.1 Å². The first kappa shape index (κ1) is 15.7. The van der Waals surface area contributed by atoms with Gasteiger partial charge in [-0.05, 0) is 66.7 Å². The standard InChI is InChI=1S/C20H16N4O2/c21-14-5-1-12(2-6-14)19(25)23-16-8-3-13(4-9-16)20-24-17-11-15(22)7-10-18(17)26-20/h1-11H,21-22H2,(H,23,25). The van der Waals surface area contributed by atoms with E-state index >= 15 is 0 Å². The minimum atomic E-state index is -0.199. The fraction of sp³-hybridized carbons (Fsp3) is 0. The van der Waals surface area contributed by atoms with Gasteiger partial charge in [-0.1, -0.05) is 0 Å². The summed E-state index contributed by atoms with van der Waals surface area (Å²) in [4.78, 5) is 16.7. The number of carbonyl (C=O) groups is 1. The van der Waals surface area contributed by atoms with Crippen molar-refractivity contribution < 1.29 is 9.21 Å². The molecule has 3 aromatic carbocycles. The van der Waals surface area contributed by atoms with Gasteiger partial charge >= 0.3 is 0 Å². The molecule has 1 amide bonds. The van der Waals surface area contributed by atoms with Crippen LogP contribution in [0.2, 0.25) is 0 Å². The fourth-order valence-corrected chi connectivity index (χ4v) is 2.60. The third-order valence-electron chi connectivity index (χ3n) is 3.97. The van der Waals surface area contributed by atoms with Crippen molar-refractivity contribution in [2.24, 2.45) is 0 Å². The number of amides is 1. The van der Waals surface area contributed by atoms with E-state index in [0.717, 1.165) is 5.56 Å². The van der Waals surface area contributed by atoms with Crippen molar-refractivity contribution in [3.8, 4) is 11.5 Å². The van der Waals surface area contributed by atoms with Crippen LogP contribution in [-0.4, -0.2) is 10.9 Å². The lowest BCUT2D eigenvalue weighted by molar-refractivity contribution is 0.102. The van der Waals surface area contributed by atoms with Crippen LogP contribution >= 0.6 is 0 Å². The van der Waals surface area contributed by atoms with Gasteiger partial charge in [0.15, 0.2) is 5.58 Å². The molecule has 0 saturated carbocycles. The molecule has 0 unspecified atom stereocenters. The molecule has 0 aliphatic rings. The molecule has 26 heavy (non-hydrogen) atoms. The number of anilines is 3. The molecule has 0 atom stereocenters. The van der Waals surface area contributed by atoms with Crippen molar-refractivity contribution in [2.75, 3.05) is 16.8 Å². The number of nitrogens with zero attached hydrogens (tertiary/aromatic N) is 1. The summed E-state index contributed by atoms with van der Waals surface area (Å²) in [5.41, 5.74) is 16.1. The number of oxazole rings is 1. The molecule has 0 bridgehead atoms. The zero-order valence-electron chi connectivity index (χ0n) is 13.8. The molecule has 1 aromatic heterocycles. The van der Waals surface area contributed by atoms with Crippen LogP contribution in [0.4, 0.5) is 17.1 Å². The van der Waals surface area contributed by atoms with Crippen molar-refractivity contribution in [3.05, 3.63) is 72.3 Å². The molecular formula is C20H16N4O2. The molecule has 0 spiro atoms. The Labute approximate surface area is 149 Å². The van der Waals surface area contributed by atoms with Crippen molar-refractivity contribution in [3.63, 3.8) is 0 Å². The summed E-state index contributed by atoms with van der Waals surface area (Å²) in [5.74, 6) is 0.303. The highest BCUT2D eigenvalue weighted by Gasteiger charge is 2.10. The van der Waals surface area contributed by atoms with Crippen LogP contribution in [-0.2, 0) is 0 Å². The van der Waals surface area contributed by atoms with E-state index in [9.17, 15) is 4.79 Å². The highest BCUT2D eigenvalue weighted by atomic mass is 16.3. The van der Waals surface area contributed by atoms with E-state index in [-0.39, 0.29) is 5.91 Å². The van der Waals surface area contributed by atoms with Gasteiger partial charge in [-0.25, -0.2) is 4.98 Å². The minimum absolute atomic E-state index is 0.199. The summed E-state index contributed by atoms with van der Waals surface area (Å²) >= 11 is 0. The molecule has 6 heteroatoms. The molecule has 5 N–H and O–H groups in total. The van der Waals surface area contributed by atoms with Gasteiger partial charge in [0.25, 0.3) is 5.91 Å². The molecule has 4 aromatic rings. The van der Waals surface area contributed by atoms with Gasteiger partial charge < -0.3 is 21.2 Å². The van der Waals surface area contributed by atoms with Crippen LogP contribution in [0.3, 0.4) is 0 Å². The van der Waals surface area contributed by atoms with Crippen molar-refractivity contribution in [1.29, 1.82) is 0 Å². The van der Waals surface area contributed by atoms with Gasteiger partial charge in [0.2, 0.25) is 5.89 Å². The normalized spacial score (nSPS) is 10.8. The molecule has 6 nitrogen and oxygen atoms in total. The Bertz CT molecular complexity index is 1080. The van der Waals surface area contributed by atoms with Gasteiger partial charge in [0, 0.05) is 28.2 Å². The predicted molar refractivity (Wildman–Crippen MR) is 103 cm³/mol. The number of rotatable bonds is 3. The largest absolute Gasteiger partial charge is 0.436 e. The smallest absolute Gasteiger partial charge is 0.255 e. The zero-order chi connectivity index (χ0) is 18.1. The number of hydrogen-bond donors (Lipinski definition) is 3. The summed E-state index contributed by atoms with van der Waals surface area (Å²) in [5, 5.41) is 2.84. The number of nitrogens with one attached hydrogen (secondary N) is 1. The second-order valence-corrected chi connectivity index (χ2v) is 5.90. The number of carbonyl (C=O) groups excluding carboxylic acids is 1. The van der Waals surface area contributed by atoms with Gasteiger partial charge in [-0.3, -0.25) is 4.79 Å². The molecule has 0 fully saturated rings. The number of nitrogens with two attached hydrogens (primary N) is 2. The Balaban J connectivity index is 1.54. The van der Waals surface area contributed by atoms with Gasteiger partial charge in [-0.15, -0.1) is 0 Å². The van der Waals surface area contributed by atoms with Gasteiger partial charge in [0.05, 0.1) is 0 Å². The average Bonchev–Trinajstić information content (AvgIpc) is 3.06. The summed E-state index contributed by atoms with van der Waals surface area (Å²) in [6.45, 7) is 0. The second kappa shape index (κ2) is 6.25. The molecule has 0 aliphatic carbocycles. The zero-order valence-corrected chi connectivity index (χ0v) is 13.8. The quantitative estimate of drug-likeness (QED) is 0.488. The van der Waals surface area contributed by atoms with Crippen molar-refractivity contribution in [1.82, 2.24) is 4.98 Å². The molecule has 0 saturated heterocycles. The van der Waals surface area contributed by atoms with E-state index in [0.29, 0.717) is 39.6 Å². The monoisotopic (exact) mass is 344 g/mol. The number of fused-ring (bicyclic) bond motifs is 1. The first-order valence-corrected chi connectivity index (χ1v) is 8.02. The second-order valence-electron chi connectivity index (χ2n) is 5.90. The summed E-state index contributed by atoms with van der Waals surface area (Å²) in [6.07, 6.45) is 0. The number of benzene rings is 3. The molecule has 1 heterocycles. The highest BCUT2D eigenvalue weighted by Crippen LogP contribution is 2.26. The maximum absolute atomic E-state index is 12.2. The average molecular weight is 344 g/mol. The summed E-state index contributed by atoms with van der Waals surface area (Å²) in [7, 11) is 0. The predicted octanol–water partition coefficient (Wildman–Crippen LogP) is 3.91. The van der Waals surface area contributed by atoms with Crippen LogP contribution in [0, 0.1) is 0 Å². The lowest BCUT2D eigenvalue weighted by Gasteiger charge is -2.06. The maximum atomic E-state index is 12.2. The fourth-order valence-electron chi connectivity index (χ4n) is 2.60. The lowest BCUT2D eigenvalue weighted by atomic mass is 10.1. The molecule has 0 aliphatic heterocycles. The Hall–Kier alpha value is -3.80. The lowest BCUT2D eigenvalue weighted by Crippen LogP contribution is -2.11. The van der Waals surface area contributed by atoms with Crippen LogP contribution in [0.25, 0.3) is 22.6 Å².